The van der Waals surface area contributed by atoms with Crippen molar-refractivity contribution >= 4 is 5.97 Å². The highest BCUT2D eigenvalue weighted by molar-refractivity contribution is 5.69. The molecule has 0 aromatic rings. The first-order chi connectivity index (χ1) is 6.27. The molecule has 0 aromatic carbocycles. The standard InChI is InChI=1S/C10H15NO2/c1-2-10(12)13-9-6-4-3-5-8(9)7-11/h8-9H,2-6H2,1H3/t8-,9+/m0/s1. The summed E-state index contributed by atoms with van der Waals surface area (Å²) in [5, 5.41) is 8.81. The van der Waals surface area contributed by atoms with Crippen LogP contribution in [0.3, 0.4) is 0 Å². The molecule has 0 aliphatic heterocycles. The van der Waals surface area contributed by atoms with Crippen LogP contribution in [0.2, 0.25) is 0 Å². The third-order valence-corrected chi connectivity index (χ3v) is 2.44. The molecule has 0 amide bonds. The predicted octanol–water partition coefficient (Wildman–Crippen LogP) is 2.02. The zero-order valence-electron chi connectivity index (χ0n) is 7.95. The number of ether oxygens (including phenoxy) is 1. The second-order valence-corrected chi connectivity index (χ2v) is 3.40. The first kappa shape index (κ1) is 10.0. The van der Waals surface area contributed by atoms with E-state index in [4.69, 9.17) is 10.00 Å². The van der Waals surface area contributed by atoms with Gasteiger partial charge in [0.2, 0.25) is 0 Å². The van der Waals surface area contributed by atoms with Gasteiger partial charge in [0, 0.05) is 6.42 Å². The van der Waals surface area contributed by atoms with Crippen LogP contribution in [0.4, 0.5) is 0 Å². The fourth-order valence-corrected chi connectivity index (χ4v) is 1.64. The summed E-state index contributed by atoms with van der Waals surface area (Å²) in [5.74, 6) is -0.267. The van der Waals surface area contributed by atoms with Gasteiger partial charge in [-0.15, -0.1) is 0 Å². The number of hydrogen-bond acceptors (Lipinski definition) is 3. The maximum atomic E-state index is 11.0. The number of hydrogen-bond donors (Lipinski definition) is 0. The van der Waals surface area contributed by atoms with E-state index in [0.717, 1.165) is 25.7 Å². The Kier molecular flexibility index (Phi) is 3.75. The van der Waals surface area contributed by atoms with Crippen LogP contribution in [0.25, 0.3) is 0 Å². The molecule has 0 N–H and O–H groups in total. The summed E-state index contributed by atoms with van der Waals surface area (Å²) in [6.45, 7) is 1.77. The molecule has 0 heterocycles. The number of carbonyl (C=O) groups is 1. The fourth-order valence-electron chi connectivity index (χ4n) is 1.64. The minimum atomic E-state index is -0.188. The van der Waals surface area contributed by atoms with Crippen molar-refractivity contribution in [1.82, 2.24) is 0 Å². The highest BCUT2D eigenvalue weighted by atomic mass is 16.5. The van der Waals surface area contributed by atoms with Gasteiger partial charge >= 0.3 is 5.97 Å². The van der Waals surface area contributed by atoms with E-state index in [2.05, 4.69) is 6.07 Å². The largest absolute Gasteiger partial charge is 0.461 e. The zero-order chi connectivity index (χ0) is 9.68. The Hall–Kier alpha value is -1.04. The van der Waals surface area contributed by atoms with Gasteiger partial charge in [0.05, 0.1) is 12.0 Å². The molecular weight excluding hydrogens is 166 g/mol. The van der Waals surface area contributed by atoms with Gasteiger partial charge in [-0.3, -0.25) is 4.79 Å². The average molecular weight is 181 g/mol. The van der Waals surface area contributed by atoms with Gasteiger partial charge in [-0.05, 0) is 19.3 Å². The summed E-state index contributed by atoms with van der Waals surface area (Å²) < 4.78 is 5.18. The summed E-state index contributed by atoms with van der Waals surface area (Å²) in [7, 11) is 0. The van der Waals surface area contributed by atoms with E-state index in [1.54, 1.807) is 6.92 Å². The topological polar surface area (TPSA) is 50.1 Å². The summed E-state index contributed by atoms with van der Waals surface area (Å²) in [4.78, 5) is 11.0. The molecule has 1 fully saturated rings. The molecule has 0 unspecified atom stereocenters. The number of rotatable bonds is 2. The number of carbonyl (C=O) groups excluding carboxylic acids is 1. The van der Waals surface area contributed by atoms with E-state index >= 15 is 0 Å². The Balaban J connectivity index is 2.46. The molecule has 13 heavy (non-hydrogen) atoms. The van der Waals surface area contributed by atoms with E-state index in [0.29, 0.717) is 6.42 Å². The average Bonchev–Trinajstić information content (AvgIpc) is 2.18. The third-order valence-electron chi connectivity index (χ3n) is 2.44. The van der Waals surface area contributed by atoms with Gasteiger partial charge in [0.15, 0.2) is 0 Å². The van der Waals surface area contributed by atoms with Gasteiger partial charge < -0.3 is 4.74 Å². The second-order valence-electron chi connectivity index (χ2n) is 3.40. The van der Waals surface area contributed by atoms with Crippen LogP contribution in [-0.2, 0) is 9.53 Å². The minimum absolute atomic E-state index is 0.0794. The Bertz CT molecular complexity index is 219. The van der Waals surface area contributed by atoms with Crippen molar-refractivity contribution in [2.24, 2.45) is 5.92 Å². The molecule has 3 nitrogen and oxygen atoms in total. The second kappa shape index (κ2) is 4.86. The molecule has 1 aliphatic carbocycles. The van der Waals surface area contributed by atoms with E-state index in [9.17, 15) is 4.79 Å². The van der Waals surface area contributed by atoms with E-state index in [1.807, 2.05) is 0 Å². The molecule has 0 saturated heterocycles. The van der Waals surface area contributed by atoms with Crippen LogP contribution in [0.1, 0.15) is 39.0 Å². The number of nitrogens with zero attached hydrogens (tertiary/aromatic N) is 1. The van der Waals surface area contributed by atoms with E-state index in [-0.39, 0.29) is 18.0 Å². The van der Waals surface area contributed by atoms with Crippen molar-refractivity contribution in [2.75, 3.05) is 0 Å². The van der Waals surface area contributed by atoms with Crippen LogP contribution >= 0.6 is 0 Å². The zero-order valence-corrected chi connectivity index (χ0v) is 7.95. The maximum absolute atomic E-state index is 11.0. The first-order valence-electron chi connectivity index (χ1n) is 4.87. The van der Waals surface area contributed by atoms with Gasteiger partial charge in [0.25, 0.3) is 0 Å². The fraction of sp³-hybridized carbons (Fsp3) is 0.800. The summed E-state index contributed by atoms with van der Waals surface area (Å²) >= 11 is 0. The number of nitriles is 1. The van der Waals surface area contributed by atoms with Gasteiger partial charge in [-0.1, -0.05) is 13.3 Å². The van der Waals surface area contributed by atoms with Crippen LogP contribution < -0.4 is 0 Å². The van der Waals surface area contributed by atoms with Gasteiger partial charge in [-0.2, -0.15) is 5.26 Å². The molecule has 0 spiro atoms. The van der Waals surface area contributed by atoms with Crippen LogP contribution in [0.15, 0.2) is 0 Å². The Labute approximate surface area is 78.7 Å². The highest BCUT2D eigenvalue weighted by Gasteiger charge is 2.27. The minimum Gasteiger partial charge on any atom is -0.461 e. The lowest BCUT2D eigenvalue weighted by Crippen LogP contribution is -2.28. The van der Waals surface area contributed by atoms with Crippen molar-refractivity contribution in [2.45, 2.75) is 45.1 Å². The molecule has 1 rings (SSSR count). The van der Waals surface area contributed by atoms with Crippen LogP contribution in [0.5, 0.6) is 0 Å². The molecular formula is C10H15NO2. The smallest absolute Gasteiger partial charge is 0.305 e. The number of esters is 1. The molecule has 2 atom stereocenters. The maximum Gasteiger partial charge on any atom is 0.305 e. The molecule has 72 valence electrons. The van der Waals surface area contributed by atoms with Crippen LogP contribution in [0, 0.1) is 17.2 Å². The van der Waals surface area contributed by atoms with Crippen molar-refractivity contribution in [3.8, 4) is 6.07 Å². The predicted molar refractivity (Wildman–Crippen MR) is 47.7 cm³/mol. The monoisotopic (exact) mass is 181 g/mol. The molecule has 0 bridgehead atoms. The van der Waals surface area contributed by atoms with Gasteiger partial charge in [-0.25, -0.2) is 0 Å². The lowest BCUT2D eigenvalue weighted by Gasteiger charge is -2.26. The normalized spacial score (nSPS) is 27.7. The Morgan fingerprint density at radius 1 is 1.54 bits per heavy atom. The molecule has 3 heteroatoms. The lowest BCUT2D eigenvalue weighted by atomic mass is 9.87. The highest BCUT2D eigenvalue weighted by Crippen LogP contribution is 2.26. The Morgan fingerprint density at radius 3 is 2.85 bits per heavy atom. The molecule has 1 saturated carbocycles. The van der Waals surface area contributed by atoms with E-state index < -0.39 is 0 Å². The summed E-state index contributed by atoms with van der Waals surface area (Å²) in [6.07, 6.45) is 4.13. The molecule has 0 aromatic heterocycles. The van der Waals surface area contributed by atoms with Crippen molar-refractivity contribution in [1.29, 1.82) is 5.26 Å². The SMILES string of the molecule is CCC(=O)O[C@@H]1CCCC[C@H]1C#N. The first-order valence-corrected chi connectivity index (χ1v) is 4.87. The van der Waals surface area contributed by atoms with Crippen LogP contribution in [-0.4, -0.2) is 12.1 Å². The van der Waals surface area contributed by atoms with Gasteiger partial charge in [0.1, 0.15) is 6.10 Å². The summed E-state index contributed by atoms with van der Waals surface area (Å²) in [6, 6.07) is 2.21. The Morgan fingerprint density at radius 2 is 2.23 bits per heavy atom. The van der Waals surface area contributed by atoms with Crippen molar-refractivity contribution < 1.29 is 9.53 Å². The third kappa shape index (κ3) is 2.73. The molecule has 1 aliphatic rings. The lowest BCUT2D eigenvalue weighted by molar-refractivity contribution is -0.151. The quantitative estimate of drug-likeness (QED) is 0.612. The molecule has 0 radical (unpaired) electrons. The van der Waals surface area contributed by atoms with Crippen molar-refractivity contribution in [3.05, 3.63) is 0 Å². The van der Waals surface area contributed by atoms with E-state index in [1.165, 1.54) is 0 Å². The van der Waals surface area contributed by atoms with Crippen molar-refractivity contribution in [3.63, 3.8) is 0 Å². The summed E-state index contributed by atoms with van der Waals surface area (Å²) in [5.41, 5.74) is 0.